The third kappa shape index (κ3) is 4.44. The molecule has 116 valence electrons. The molecule has 1 aromatic rings. The Morgan fingerprint density at radius 3 is 2.52 bits per heavy atom. The van der Waals surface area contributed by atoms with Crippen LogP contribution in [0.15, 0.2) is 18.2 Å². The third-order valence-corrected chi connectivity index (χ3v) is 3.36. The second-order valence-corrected chi connectivity index (χ2v) is 5.26. The van der Waals surface area contributed by atoms with Crippen LogP contribution in [0.3, 0.4) is 0 Å². The minimum Gasteiger partial charge on any atom is -0.478 e. The molecule has 0 atom stereocenters. The van der Waals surface area contributed by atoms with Crippen molar-refractivity contribution < 1.29 is 14.8 Å². The number of benzene rings is 1. The van der Waals surface area contributed by atoms with Crippen molar-refractivity contribution in [3.05, 3.63) is 33.9 Å². The summed E-state index contributed by atoms with van der Waals surface area (Å²) in [6.45, 7) is 6.69. The number of rotatable bonds is 8. The minimum absolute atomic E-state index is 0.0713. The van der Waals surface area contributed by atoms with Crippen molar-refractivity contribution >= 4 is 17.3 Å². The largest absolute Gasteiger partial charge is 0.478 e. The van der Waals surface area contributed by atoms with Gasteiger partial charge in [-0.05, 0) is 26.3 Å². The SMILES string of the molecule is CCCCCN(c1cc([N+](=O)[O-])ccc1C(=O)O)C(C)C. The number of nitro benzene ring substituents is 1. The van der Waals surface area contributed by atoms with Crippen LogP contribution in [0.4, 0.5) is 11.4 Å². The highest BCUT2D eigenvalue weighted by Crippen LogP contribution is 2.28. The van der Waals surface area contributed by atoms with Crippen molar-refractivity contribution in [2.75, 3.05) is 11.4 Å². The van der Waals surface area contributed by atoms with Crippen molar-refractivity contribution in [2.24, 2.45) is 0 Å². The molecule has 0 saturated carbocycles. The third-order valence-electron chi connectivity index (χ3n) is 3.36. The van der Waals surface area contributed by atoms with Crippen LogP contribution in [0.25, 0.3) is 0 Å². The van der Waals surface area contributed by atoms with Gasteiger partial charge in [-0.3, -0.25) is 10.1 Å². The summed E-state index contributed by atoms with van der Waals surface area (Å²) in [5, 5.41) is 20.2. The molecule has 0 unspecified atom stereocenters. The molecule has 21 heavy (non-hydrogen) atoms. The molecule has 0 bridgehead atoms. The topological polar surface area (TPSA) is 83.7 Å². The van der Waals surface area contributed by atoms with Crippen molar-refractivity contribution in [1.29, 1.82) is 0 Å². The summed E-state index contributed by atoms with van der Waals surface area (Å²) in [5.41, 5.74) is 0.435. The fourth-order valence-electron chi connectivity index (χ4n) is 2.24. The van der Waals surface area contributed by atoms with Crippen LogP contribution >= 0.6 is 0 Å². The maximum Gasteiger partial charge on any atom is 0.337 e. The molecule has 1 N–H and O–H groups in total. The molecule has 0 aliphatic carbocycles. The number of carboxylic acid groups (broad SMARTS) is 1. The van der Waals surface area contributed by atoms with Crippen molar-refractivity contribution in [2.45, 2.75) is 46.1 Å². The summed E-state index contributed by atoms with van der Waals surface area (Å²) in [5.74, 6) is -1.07. The highest BCUT2D eigenvalue weighted by atomic mass is 16.6. The number of carbonyl (C=O) groups is 1. The normalized spacial score (nSPS) is 10.7. The first kappa shape index (κ1) is 16.9. The minimum atomic E-state index is -1.07. The van der Waals surface area contributed by atoms with Crippen LogP contribution < -0.4 is 4.90 Å². The van der Waals surface area contributed by atoms with Gasteiger partial charge in [0.25, 0.3) is 5.69 Å². The number of nitro groups is 1. The first-order chi connectivity index (χ1) is 9.88. The summed E-state index contributed by atoms with van der Waals surface area (Å²) in [6, 6.07) is 3.97. The van der Waals surface area contributed by atoms with Crippen LogP contribution in [0.5, 0.6) is 0 Å². The molecule has 0 fully saturated rings. The van der Waals surface area contributed by atoms with E-state index in [4.69, 9.17) is 0 Å². The predicted octanol–water partition coefficient (Wildman–Crippen LogP) is 3.70. The Morgan fingerprint density at radius 1 is 1.38 bits per heavy atom. The molecule has 0 amide bonds. The van der Waals surface area contributed by atoms with Crippen LogP contribution in [-0.2, 0) is 0 Å². The van der Waals surface area contributed by atoms with Gasteiger partial charge in [-0.15, -0.1) is 0 Å². The van der Waals surface area contributed by atoms with E-state index in [1.807, 2.05) is 18.7 Å². The Balaban J connectivity index is 3.22. The number of carboxylic acids is 1. The fourth-order valence-corrected chi connectivity index (χ4v) is 2.24. The lowest BCUT2D eigenvalue weighted by molar-refractivity contribution is -0.384. The number of unbranched alkanes of at least 4 members (excludes halogenated alkanes) is 2. The van der Waals surface area contributed by atoms with Crippen LogP contribution in [0.2, 0.25) is 0 Å². The van der Waals surface area contributed by atoms with Crippen molar-refractivity contribution in [3.8, 4) is 0 Å². The maximum absolute atomic E-state index is 11.4. The standard InChI is InChI=1S/C15H22N2O4/c1-4-5-6-9-16(11(2)3)14-10-12(17(20)21)7-8-13(14)15(18)19/h7-8,10-11H,4-6,9H2,1-3H3,(H,18,19). The first-order valence-electron chi connectivity index (χ1n) is 7.16. The van der Waals surface area contributed by atoms with Gasteiger partial charge in [-0.2, -0.15) is 0 Å². The highest BCUT2D eigenvalue weighted by molar-refractivity contribution is 5.95. The van der Waals surface area contributed by atoms with Crippen molar-refractivity contribution in [3.63, 3.8) is 0 Å². The van der Waals surface area contributed by atoms with Gasteiger partial charge < -0.3 is 10.0 Å². The zero-order valence-corrected chi connectivity index (χ0v) is 12.7. The number of nitrogens with zero attached hydrogens (tertiary/aromatic N) is 2. The Morgan fingerprint density at radius 2 is 2.05 bits per heavy atom. The van der Waals surface area contributed by atoms with E-state index in [1.165, 1.54) is 18.2 Å². The predicted molar refractivity (Wildman–Crippen MR) is 82.1 cm³/mol. The molecule has 1 aromatic carbocycles. The Bertz CT molecular complexity index is 514. The van der Waals surface area contributed by atoms with Crippen LogP contribution in [-0.4, -0.2) is 28.6 Å². The molecule has 0 heterocycles. The van der Waals surface area contributed by atoms with E-state index in [9.17, 15) is 20.0 Å². The average molecular weight is 294 g/mol. The van der Waals surface area contributed by atoms with E-state index in [2.05, 4.69) is 6.92 Å². The smallest absolute Gasteiger partial charge is 0.337 e. The summed E-state index contributed by atoms with van der Waals surface area (Å²) >= 11 is 0. The second-order valence-electron chi connectivity index (χ2n) is 5.26. The average Bonchev–Trinajstić information content (AvgIpc) is 2.42. The Kier molecular flexibility index (Phi) is 6.14. The van der Waals surface area contributed by atoms with Gasteiger partial charge >= 0.3 is 5.97 Å². The molecule has 6 nitrogen and oxygen atoms in total. The number of hydrogen-bond donors (Lipinski definition) is 1. The molecule has 0 saturated heterocycles. The van der Waals surface area contributed by atoms with Crippen LogP contribution in [0.1, 0.15) is 50.4 Å². The van der Waals surface area contributed by atoms with E-state index in [-0.39, 0.29) is 17.3 Å². The van der Waals surface area contributed by atoms with Crippen LogP contribution in [0, 0.1) is 10.1 Å². The van der Waals surface area contributed by atoms with Gasteiger partial charge in [0.15, 0.2) is 0 Å². The fraction of sp³-hybridized carbons (Fsp3) is 0.533. The first-order valence-corrected chi connectivity index (χ1v) is 7.16. The second kappa shape index (κ2) is 7.61. The van der Waals surface area contributed by atoms with Crippen molar-refractivity contribution in [1.82, 2.24) is 0 Å². The summed E-state index contributed by atoms with van der Waals surface area (Å²) < 4.78 is 0. The van der Waals surface area contributed by atoms with E-state index >= 15 is 0 Å². The summed E-state index contributed by atoms with van der Waals surface area (Å²) in [7, 11) is 0. The molecule has 0 radical (unpaired) electrons. The molecule has 1 rings (SSSR count). The Hall–Kier alpha value is -2.11. The van der Waals surface area contributed by atoms with E-state index in [0.717, 1.165) is 19.3 Å². The number of hydrogen-bond acceptors (Lipinski definition) is 4. The van der Waals surface area contributed by atoms with Gasteiger partial charge in [0.05, 0.1) is 16.2 Å². The monoisotopic (exact) mass is 294 g/mol. The quantitative estimate of drug-likeness (QED) is 0.449. The number of anilines is 1. The van der Waals surface area contributed by atoms with Gasteiger partial charge in [-0.1, -0.05) is 19.8 Å². The van der Waals surface area contributed by atoms with E-state index in [0.29, 0.717) is 12.2 Å². The molecule has 0 aromatic heterocycles. The maximum atomic E-state index is 11.4. The van der Waals surface area contributed by atoms with Gasteiger partial charge in [0.1, 0.15) is 0 Å². The number of non-ortho nitro benzene ring substituents is 1. The van der Waals surface area contributed by atoms with E-state index in [1.54, 1.807) is 0 Å². The molecular weight excluding hydrogens is 272 g/mol. The molecule has 0 spiro atoms. The lowest BCUT2D eigenvalue weighted by atomic mass is 10.1. The Labute approximate surface area is 124 Å². The van der Waals surface area contributed by atoms with Gasteiger partial charge in [-0.25, -0.2) is 4.79 Å². The molecular formula is C15H22N2O4. The molecule has 0 aliphatic heterocycles. The lowest BCUT2D eigenvalue weighted by Gasteiger charge is -2.30. The lowest BCUT2D eigenvalue weighted by Crippen LogP contribution is -2.33. The summed E-state index contributed by atoms with van der Waals surface area (Å²) in [4.78, 5) is 23.7. The zero-order valence-electron chi connectivity index (χ0n) is 12.7. The van der Waals surface area contributed by atoms with Gasteiger partial charge in [0.2, 0.25) is 0 Å². The zero-order chi connectivity index (χ0) is 16.0. The molecule has 6 heteroatoms. The van der Waals surface area contributed by atoms with Gasteiger partial charge in [0, 0.05) is 24.7 Å². The highest BCUT2D eigenvalue weighted by Gasteiger charge is 2.21. The number of aromatic carboxylic acids is 1. The molecule has 0 aliphatic rings. The van der Waals surface area contributed by atoms with E-state index < -0.39 is 10.9 Å². The summed E-state index contributed by atoms with van der Waals surface area (Å²) in [6.07, 6.45) is 3.03.